The van der Waals surface area contributed by atoms with Gasteiger partial charge in [0.05, 0.1) is 5.02 Å². The van der Waals surface area contributed by atoms with Crippen LogP contribution in [0.3, 0.4) is 0 Å². The summed E-state index contributed by atoms with van der Waals surface area (Å²) in [5, 5.41) is 0.230. The Bertz CT molecular complexity index is 558. The van der Waals surface area contributed by atoms with Crippen molar-refractivity contribution >= 4 is 37.6 Å². The molecular weight excluding hydrogens is 354 g/mol. The topological polar surface area (TPSA) is 46.6 Å². The lowest BCUT2D eigenvalue weighted by molar-refractivity contribution is 0.0632. The van der Waals surface area contributed by atoms with E-state index in [1.54, 1.807) is 19.2 Å². The van der Waals surface area contributed by atoms with Crippen molar-refractivity contribution in [3.8, 4) is 0 Å². The van der Waals surface area contributed by atoms with Gasteiger partial charge in [0.2, 0.25) is 10.0 Å². The van der Waals surface area contributed by atoms with Crippen molar-refractivity contribution < 1.29 is 13.2 Å². The molecule has 0 radical (unpaired) electrons. The van der Waals surface area contributed by atoms with Crippen molar-refractivity contribution in [3.05, 3.63) is 27.7 Å². The molecule has 1 fully saturated rings. The Hall–Kier alpha value is -0.140. The molecule has 0 unspecified atom stereocenters. The van der Waals surface area contributed by atoms with E-state index in [0.717, 1.165) is 4.47 Å². The molecule has 1 aliphatic heterocycles. The van der Waals surface area contributed by atoms with Crippen molar-refractivity contribution in [1.82, 2.24) is 4.31 Å². The fourth-order valence-corrected chi connectivity index (χ4v) is 4.51. The van der Waals surface area contributed by atoms with E-state index in [2.05, 4.69) is 15.9 Å². The summed E-state index contributed by atoms with van der Waals surface area (Å²) >= 11 is 9.30. The maximum atomic E-state index is 12.5. The van der Waals surface area contributed by atoms with Crippen molar-refractivity contribution in [3.63, 3.8) is 0 Å². The zero-order valence-electron chi connectivity index (χ0n) is 10.5. The minimum Gasteiger partial charge on any atom is -0.381 e. The van der Waals surface area contributed by atoms with E-state index in [0.29, 0.717) is 26.1 Å². The maximum Gasteiger partial charge on any atom is 0.244 e. The molecule has 4 nitrogen and oxygen atoms in total. The molecule has 0 aliphatic carbocycles. The lowest BCUT2D eigenvalue weighted by Crippen LogP contribution is -2.40. The highest BCUT2D eigenvalue weighted by atomic mass is 79.9. The van der Waals surface area contributed by atoms with Crippen molar-refractivity contribution in [1.29, 1.82) is 0 Å². The summed E-state index contributed by atoms with van der Waals surface area (Å²) < 4.78 is 32.5. The highest BCUT2D eigenvalue weighted by molar-refractivity contribution is 9.10. The molecule has 19 heavy (non-hydrogen) atoms. The van der Waals surface area contributed by atoms with Gasteiger partial charge in [-0.15, -0.1) is 0 Å². The molecule has 106 valence electrons. The highest BCUT2D eigenvalue weighted by Gasteiger charge is 2.30. The minimum atomic E-state index is -3.56. The highest BCUT2D eigenvalue weighted by Crippen LogP contribution is 2.29. The first kappa shape index (κ1) is 15.3. The molecule has 1 aromatic carbocycles. The van der Waals surface area contributed by atoms with Gasteiger partial charge in [0.15, 0.2) is 0 Å². The van der Waals surface area contributed by atoms with Gasteiger partial charge >= 0.3 is 0 Å². The number of ether oxygens (including phenoxy) is 1. The first-order valence-electron chi connectivity index (χ1n) is 5.94. The first-order valence-corrected chi connectivity index (χ1v) is 8.55. The van der Waals surface area contributed by atoms with Crippen LogP contribution in [0.25, 0.3) is 0 Å². The number of hydrogen-bond acceptors (Lipinski definition) is 3. The van der Waals surface area contributed by atoms with Crippen molar-refractivity contribution in [2.45, 2.75) is 23.8 Å². The third kappa shape index (κ3) is 3.31. The van der Waals surface area contributed by atoms with Gasteiger partial charge in [0.25, 0.3) is 0 Å². The second-order valence-electron chi connectivity index (χ2n) is 4.44. The quantitative estimate of drug-likeness (QED) is 0.824. The lowest BCUT2D eigenvalue weighted by atomic mass is 10.1. The fraction of sp³-hybridized carbons (Fsp3) is 0.500. The number of nitrogens with zero attached hydrogens (tertiary/aromatic N) is 1. The van der Waals surface area contributed by atoms with Crippen LogP contribution in [-0.4, -0.2) is 39.0 Å². The van der Waals surface area contributed by atoms with Crippen LogP contribution in [0.1, 0.15) is 12.8 Å². The predicted molar refractivity (Wildman–Crippen MR) is 77.9 cm³/mol. The monoisotopic (exact) mass is 367 g/mol. The Labute approximate surface area is 126 Å². The normalized spacial score (nSPS) is 17.9. The number of rotatable bonds is 3. The molecule has 0 bridgehead atoms. The fourth-order valence-electron chi connectivity index (χ4n) is 2.08. The van der Waals surface area contributed by atoms with Gasteiger partial charge in [-0.25, -0.2) is 8.42 Å². The summed E-state index contributed by atoms with van der Waals surface area (Å²) in [5.74, 6) is 0. The van der Waals surface area contributed by atoms with E-state index in [1.165, 1.54) is 10.4 Å². The Morgan fingerprint density at radius 2 is 2.00 bits per heavy atom. The summed E-state index contributed by atoms with van der Waals surface area (Å²) in [6.07, 6.45) is 1.42. The van der Waals surface area contributed by atoms with Gasteiger partial charge in [-0.05, 0) is 31.0 Å². The van der Waals surface area contributed by atoms with Gasteiger partial charge in [-0.3, -0.25) is 0 Å². The van der Waals surface area contributed by atoms with Crippen LogP contribution in [0.5, 0.6) is 0 Å². The molecule has 0 N–H and O–H groups in total. The van der Waals surface area contributed by atoms with E-state index >= 15 is 0 Å². The summed E-state index contributed by atoms with van der Waals surface area (Å²) in [6, 6.07) is 4.76. The molecule has 7 heteroatoms. The Balaban J connectivity index is 2.30. The van der Waals surface area contributed by atoms with Crippen LogP contribution in [0, 0.1) is 0 Å². The van der Waals surface area contributed by atoms with Crippen LogP contribution in [0.15, 0.2) is 27.6 Å². The molecule has 1 aliphatic rings. The average molecular weight is 369 g/mol. The second kappa shape index (κ2) is 6.10. The Morgan fingerprint density at radius 3 is 2.58 bits per heavy atom. The lowest BCUT2D eigenvalue weighted by Gasteiger charge is -2.30. The third-order valence-corrected chi connectivity index (χ3v) is 6.14. The summed E-state index contributed by atoms with van der Waals surface area (Å²) in [5.41, 5.74) is 0. The number of halogens is 2. The van der Waals surface area contributed by atoms with E-state index < -0.39 is 10.0 Å². The van der Waals surface area contributed by atoms with Gasteiger partial charge < -0.3 is 4.74 Å². The minimum absolute atomic E-state index is 0.0292. The van der Waals surface area contributed by atoms with E-state index in [4.69, 9.17) is 16.3 Å². The first-order chi connectivity index (χ1) is 8.93. The zero-order valence-corrected chi connectivity index (χ0v) is 13.6. The smallest absolute Gasteiger partial charge is 0.244 e. The summed E-state index contributed by atoms with van der Waals surface area (Å²) in [6.45, 7) is 1.19. The van der Waals surface area contributed by atoms with Gasteiger partial charge in [-0.2, -0.15) is 4.31 Å². The molecule has 0 atom stereocenters. The van der Waals surface area contributed by atoms with Gasteiger partial charge in [0.1, 0.15) is 4.90 Å². The second-order valence-corrected chi connectivity index (χ2v) is 7.73. The van der Waals surface area contributed by atoms with Gasteiger partial charge in [0, 0.05) is 30.8 Å². The Morgan fingerprint density at radius 1 is 1.37 bits per heavy atom. The largest absolute Gasteiger partial charge is 0.381 e. The molecule has 0 aromatic heterocycles. The SMILES string of the molecule is CN(C1CCOCC1)S(=O)(=O)c1ccc(Br)cc1Cl. The van der Waals surface area contributed by atoms with Crippen molar-refractivity contribution in [2.75, 3.05) is 20.3 Å². The van der Waals surface area contributed by atoms with Crippen LogP contribution in [-0.2, 0) is 14.8 Å². The molecule has 0 saturated carbocycles. The van der Waals surface area contributed by atoms with Crippen LogP contribution in [0.4, 0.5) is 0 Å². The Kier molecular flexibility index (Phi) is 4.89. The standard InChI is InChI=1S/C12H15BrClNO3S/c1-15(10-4-6-18-7-5-10)19(16,17)12-3-2-9(13)8-11(12)14/h2-3,8,10H,4-7H2,1H3. The van der Waals surface area contributed by atoms with Crippen LogP contribution < -0.4 is 0 Å². The van der Waals surface area contributed by atoms with Crippen LogP contribution in [0.2, 0.25) is 5.02 Å². The molecule has 1 saturated heterocycles. The van der Waals surface area contributed by atoms with E-state index in [-0.39, 0.29) is 16.0 Å². The van der Waals surface area contributed by atoms with Crippen molar-refractivity contribution in [2.24, 2.45) is 0 Å². The van der Waals surface area contributed by atoms with Gasteiger partial charge in [-0.1, -0.05) is 27.5 Å². The average Bonchev–Trinajstić information content (AvgIpc) is 2.38. The molecule has 0 spiro atoms. The molecule has 1 aromatic rings. The summed E-state index contributed by atoms with van der Waals surface area (Å²) in [4.78, 5) is 0.145. The molecule has 1 heterocycles. The zero-order chi connectivity index (χ0) is 14.0. The summed E-state index contributed by atoms with van der Waals surface area (Å²) in [7, 11) is -1.96. The molecule has 0 amide bonds. The number of sulfonamides is 1. The van der Waals surface area contributed by atoms with E-state index in [1.807, 2.05) is 0 Å². The molecular formula is C12H15BrClNO3S. The molecule has 2 rings (SSSR count). The number of hydrogen-bond donors (Lipinski definition) is 0. The number of benzene rings is 1. The third-order valence-electron chi connectivity index (χ3n) is 3.26. The maximum absolute atomic E-state index is 12.5. The van der Waals surface area contributed by atoms with Crippen LogP contribution >= 0.6 is 27.5 Å². The van der Waals surface area contributed by atoms with E-state index in [9.17, 15) is 8.42 Å². The predicted octanol–water partition coefficient (Wildman–Crippen LogP) is 2.90.